The highest BCUT2D eigenvalue weighted by molar-refractivity contribution is 7.80. The van der Waals surface area contributed by atoms with Gasteiger partial charge in [-0.15, -0.1) is 12.6 Å². The lowest BCUT2D eigenvalue weighted by atomic mass is 9.79. The van der Waals surface area contributed by atoms with Crippen molar-refractivity contribution in [2.24, 2.45) is 0 Å². The van der Waals surface area contributed by atoms with Crippen molar-refractivity contribution in [2.45, 2.75) is 18.2 Å². The van der Waals surface area contributed by atoms with E-state index in [9.17, 15) is 4.79 Å². The molecule has 1 aromatic rings. The van der Waals surface area contributed by atoms with Crippen LogP contribution in [0, 0.1) is 0 Å². The quantitative estimate of drug-likeness (QED) is 0.477. The third-order valence-electron chi connectivity index (χ3n) is 1.75. The SMILES string of the molecule is CC(=O)Cc1cc(S)cc(B(O)O)c1. The van der Waals surface area contributed by atoms with Crippen molar-refractivity contribution < 1.29 is 14.8 Å². The molecule has 0 aliphatic carbocycles. The standard InChI is InChI=1S/C9H11BO3S/c1-6(11)2-7-3-8(10(12)13)5-9(14)4-7/h3-5,12-14H,2H2,1H3. The van der Waals surface area contributed by atoms with E-state index in [0.29, 0.717) is 10.4 Å². The highest BCUT2D eigenvalue weighted by Crippen LogP contribution is 2.08. The van der Waals surface area contributed by atoms with E-state index in [-0.39, 0.29) is 12.2 Å². The van der Waals surface area contributed by atoms with Gasteiger partial charge in [0.15, 0.2) is 0 Å². The first kappa shape index (κ1) is 11.3. The summed E-state index contributed by atoms with van der Waals surface area (Å²) >= 11 is 4.11. The Morgan fingerprint density at radius 1 is 1.43 bits per heavy atom. The molecule has 3 nitrogen and oxygen atoms in total. The fourth-order valence-corrected chi connectivity index (χ4v) is 1.55. The van der Waals surface area contributed by atoms with E-state index in [0.717, 1.165) is 5.56 Å². The number of thiol groups is 1. The third kappa shape index (κ3) is 3.18. The molecule has 1 aromatic carbocycles. The lowest BCUT2D eigenvalue weighted by Gasteiger charge is -2.04. The maximum Gasteiger partial charge on any atom is 0.488 e. The number of hydrogen-bond donors (Lipinski definition) is 3. The topological polar surface area (TPSA) is 57.5 Å². The zero-order chi connectivity index (χ0) is 10.7. The Balaban J connectivity index is 3.01. The van der Waals surface area contributed by atoms with Crippen LogP contribution in [0.2, 0.25) is 0 Å². The minimum absolute atomic E-state index is 0.0299. The van der Waals surface area contributed by atoms with Crippen LogP contribution in [0.25, 0.3) is 0 Å². The molecule has 5 heteroatoms. The van der Waals surface area contributed by atoms with Gasteiger partial charge in [0.1, 0.15) is 5.78 Å². The van der Waals surface area contributed by atoms with Crippen molar-refractivity contribution in [3.05, 3.63) is 23.8 Å². The molecule has 0 unspecified atom stereocenters. The van der Waals surface area contributed by atoms with Crippen LogP contribution in [0.3, 0.4) is 0 Å². The Morgan fingerprint density at radius 3 is 2.57 bits per heavy atom. The molecule has 1 rings (SSSR count). The van der Waals surface area contributed by atoms with Crippen molar-refractivity contribution in [3.8, 4) is 0 Å². The smallest absolute Gasteiger partial charge is 0.423 e. The second-order valence-electron chi connectivity index (χ2n) is 3.19. The second kappa shape index (κ2) is 4.64. The Labute approximate surface area is 88.3 Å². The number of carbonyl (C=O) groups is 1. The predicted molar refractivity (Wildman–Crippen MR) is 57.9 cm³/mol. The van der Waals surface area contributed by atoms with Gasteiger partial charge in [-0.1, -0.05) is 6.07 Å². The molecule has 2 N–H and O–H groups in total. The molecule has 0 amide bonds. The van der Waals surface area contributed by atoms with Gasteiger partial charge in [-0.3, -0.25) is 4.79 Å². The molecule has 74 valence electrons. The minimum atomic E-state index is -1.52. The largest absolute Gasteiger partial charge is 0.488 e. The molecule has 0 bridgehead atoms. The maximum atomic E-state index is 10.9. The van der Waals surface area contributed by atoms with Crippen LogP contribution in [0.4, 0.5) is 0 Å². The first-order chi connectivity index (χ1) is 6.49. The zero-order valence-corrected chi connectivity index (χ0v) is 8.66. The summed E-state index contributed by atoms with van der Waals surface area (Å²) in [5.41, 5.74) is 1.10. The predicted octanol–water partition coefficient (Wildman–Crippen LogP) is -0.213. The van der Waals surface area contributed by atoms with Gasteiger partial charge >= 0.3 is 7.12 Å². The van der Waals surface area contributed by atoms with Crippen LogP contribution >= 0.6 is 12.6 Å². The summed E-state index contributed by atoms with van der Waals surface area (Å²) in [6.45, 7) is 1.49. The maximum absolute atomic E-state index is 10.9. The van der Waals surface area contributed by atoms with Gasteiger partial charge in [0.25, 0.3) is 0 Å². The van der Waals surface area contributed by atoms with Gasteiger partial charge < -0.3 is 10.0 Å². The lowest BCUT2D eigenvalue weighted by molar-refractivity contribution is -0.116. The van der Waals surface area contributed by atoms with E-state index in [2.05, 4.69) is 12.6 Å². The van der Waals surface area contributed by atoms with E-state index >= 15 is 0 Å². The van der Waals surface area contributed by atoms with Gasteiger partial charge in [-0.05, 0) is 30.1 Å². The van der Waals surface area contributed by atoms with E-state index in [1.165, 1.54) is 6.92 Å². The number of ketones is 1. The number of hydrogen-bond acceptors (Lipinski definition) is 4. The molecule has 0 saturated carbocycles. The Bertz CT molecular complexity index is 352. The van der Waals surface area contributed by atoms with Crippen LogP contribution in [-0.2, 0) is 11.2 Å². The van der Waals surface area contributed by atoms with Crippen molar-refractivity contribution >= 4 is 31.0 Å². The van der Waals surface area contributed by atoms with E-state index in [1.54, 1.807) is 18.2 Å². The number of benzene rings is 1. The molecular weight excluding hydrogens is 199 g/mol. The normalized spacial score (nSPS) is 10.0. The van der Waals surface area contributed by atoms with Crippen LogP contribution < -0.4 is 5.46 Å². The van der Waals surface area contributed by atoms with Gasteiger partial charge in [-0.2, -0.15) is 0 Å². The Morgan fingerprint density at radius 2 is 2.07 bits per heavy atom. The average molecular weight is 210 g/mol. The minimum Gasteiger partial charge on any atom is -0.423 e. The lowest BCUT2D eigenvalue weighted by Crippen LogP contribution is -2.30. The van der Waals surface area contributed by atoms with Crippen molar-refractivity contribution in [1.82, 2.24) is 0 Å². The fourth-order valence-electron chi connectivity index (χ4n) is 1.24. The summed E-state index contributed by atoms with van der Waals surface area (Å²) in [6, 6.07) is 4.87. The van der Waals surface area contributed by atoms with E-state index in [1.807, 2.05) is 0 Å². The summed E-state index contributed by atoms with van der Waals surface area (Å²) < 4.78 is 0. The average Bonchev–Trinajstić information content (AvgIpc) is 2.01. The van der Waals surface area contributed by atoms with Crippen LogP contribution in [0.15, 0.2) is 23.1 Å². The molecule has 0 radical (unpaired) electrons. The van der Waals surface area contributed by atoms with Gasteiger partial charge in [-0.25, -0.2) is 0 Å². The first-order valence-electron chi connectivity index (χ1n) is 4.17. The Hall–Kier alpha value is -0.775. The summed E-state index contributed by atoms with van der Waals surface area (Å²) in [5.74, 6) is 0.0299. The fraction of sp³-hybridized carbons (Fsp3) is 0.222. The van der Waals surface area contributed by atoms with Crippen molar-refractivity contribution in [3.63, 3.8) is 0 Å². The van der Waals surface area contributed by atoms with E-state index in [4.69, 9.17) is 10.0 Å². The summed E-state index contributed by atoms with van der Waals surface area (Å²) in [5, 5.41) is 17.9. The van der Waals surface area contributed by atoms with Gasteiger partial charge in [0.2, 0.25) is 0 Å². The molecule has 0 atom stereocenters. The molecule has 0 aliphatic heterocycles. The first-order valence-corrected chi connectivity index (χ1v) is 4.62. The third-order valence-corrected chi connectivity index (χ3v) is 2.01. The molecule has 0 aromatic heterocycles. The molecule has 0 spiro atoms. The van der Waals surface area contributed by atoms with Gasteiger partial charge in [0.05, 0.1) is 0 Å². The number of carbonyl (C=O) groups excluding carboxylic acids is 1. The molecule has 0 saturated heterocycles. The summed E-state index contributed by atoms with van der Waals surface area (Å²) in [7, 11) is -1.52. The highest BCUT2D eigenvalue weighted by Gasteiger charge is 2.12. The van der Waals surface area contributed by atoms with Crippen molar-refractivity contribution in [2.75, 3.05) is 0 Å². The summed E-state index contributed by atoms with van der Waals surface area (Å²) in [4.78, 5) is 11.5. The Kier molecular flexibility index (Phi) is 3.74. The molecular formula is C9H11BO3S. The number of Topliss-reactive ketones (excluding diaryl/α,β-unsaturated/α-hetero) is 1. The number of rotatable bonds is 3. The molecule has 0 fully saturated rings. The van der Waals surface area contributed by atoms with E-state index < -0.39 is 7.12 Å². The summed E-state index contributed by atoms with van der Waals surface area (Å²) in [6.07, 6.45) is 0.286. The zero-order valence-electron chi connectivity index (χ0n) is 7.77. The van der Waals surface area contributed by atoms with Crippen LogP contribution in [0.5, 0.6) is 0 Å². The molecule has 14 heavy (non-hydrogen) atoms. The van der Waals surface area contributed by atoms with Gasteiger partial charge in [0, 0.05) is 11.3 Å². The van der Waals surface area contributed by atoms with Crippen LogP contribution in [-0.4, -0.2) is 22.9 Å². The molecule has 0 heterocycles. The van der Waals surface area contributed by atoms with Crippen molar-refractivity contribution in [1.29, 1.82) is 0 Å². The molecule has 0 aliphatic rings. The highest BCUT2D eigenvalue weighted by atomic mass is 32.1. The second-order valence-corrected chi connectivity index (χ2v) is 3.70. The monoisotopic (exact) mass is 210 g/mol. The van der Waals surface area contributed by atoms with Crippen LogP contribution in [0.1, 0.15) is 12.5 Å².